The predicted octanol–water partition coefficient (Wildman–Crippen LogP) is 9.63. The summed E-state index contributed by atoms with van der Waals surface area (Å²) < 4.78 is 0. The highest BCUT2D eigenvalue weighted by molar-refractivity contribution is 5.94. The van der Waals surface area contributed by atoms with E-state index in [-0.39, 0.29) is 0 Å². The molecule has 3 rings (SSSR count). The molecule has 0 saturated heterocycles. The van der Waals surface area contributed by atoms with Crippen LogP contribution in [0.1, 0.15) is 116 Å². The van der Waals surface area contributed by atoms with Crippen LogP contribution in [0.15, 0.2) is 36.4 Å². The summed E-state index contributed by atoms with van der Waals surface area (Å²) in [5, 5.41) is 0. The van der Waals surface area contributed by atoms with Gasteiger partial charge in [0.05, 0.1) is 0 Å². The zero-order chi connectivity index (χ0) is 24.9. The monoisotopic (exact) mass is 476 g/mol. The molecule has 0 N–H and O–H groups in total. The van der Waals surface area contributed by atoms with Crippen LogP contribution in [0.2, 0.25) is 0 Å². The number of benzene rings is 2. The first-order valence-electron chi connectivity index (χ1n) is 15.0. The van der Waals surface area contributed by atoms with Crippen molar-refractivity contribution in [2.75, 3.05) is 36.0 Å². The summed E-state index contributed by atoms with van der Waals surface area (Å²) in [5.41, 5.74) is 9.13. The maximum Gasteiger partial charge on any atom is 0.0449 e. The smallest absolute Gasteiger partial charge is 0.0449 e. The van der Waals surface area contributed by atoms with Crippen molar-refractivity contribution in [2.24, 2.45) is 0 Å². The number of anilines is 2. The first-order chi connectivity index (χ1) is 17.2. The Balaban J connectivity index is 1.99. The lowest BCUT2D eigenvalue weighted by Crippen LogP contribution is -2.28. The molecule has 2 aromatic carbocycles. The van der Waals surface area contributed by atoms with Crippen molar-refractivity contribution in [3.8, 4) is 11.1 Å². The van der Waals surface area contributed by atoms with Gasteiger partial charge in [0.2, 0.25) is 0 Å². The molecule has 1 aliphatic carbocycles. The maximum absolute atomic E-state index is 2.73. The SMILES string of the molecule is CCCCCN(CCCCC)c1cccc2c1-c1c(cccc1N(CCCCC)CCCCC)C2. The van der Waals surface area contributed by atoms with Gasteiger partial charge in [-0.05, 0) is 55.4 Å². The molecule has 0 saturated carbocycles. The van der Waals surface area contributed by atoms with E-state index >= 15 is 0 Å². The molecule has 0 fully saturated rings. The summed E-state index contributed by atoms with van der Waals surface area (Å²) in [4.78, 5) is 5.46. The van der Waals surface area contributed by atoms with Crippen LogP contribution >= 0.6 is 0 Å². The minimum absolute atomic E-state index is 1.09. The Morgan fingerprint density at radius 3 is 1.14 bits per heavy atom. The Bertz CT molecular complexity index is 780. The Morgan fingerprint density at radius 1 is 0.486 bits per heavy atom. The van der Waals surface area contributed by atoms with Crippen molar-refractivity contribution < 1.29 is 0 Å². The molecule has 0 heterocycles. The second kappa shape index (κ2) is 15.2. The second-order valence-electron chi connectivity index (χ2n) is 10.6. The Hall–Kier alpha value is -1.96. The summed E-state index contributed by atoms with van der Waals surface area (Å²) in [6.45, 7) is 14.0. The number of hydrogen-bond acceptors (Lipinski definition) is 2. The van der Waals surface area contributed by atoms with Crippen LogP contribution in [-0.2, 0) is 6.42 Å². The first kappa shape index (κ1) is 27.6. The minimum atomic E-state index is 1.09. The molecule has 2 nitrogen and oxygen atoms in total. The normalized spacial score (nSPS) is 12.0. The van der Waals surface area contributed by atoms with E-state index in [1.54, 1.807) is 11.1 Å². The zero-order valence-corrected chi connectivity index (χ0v) is 23.4. The molecule has 35 heavy (non-hydrogen) atoms. The summed E-state index contributed by atoms with van der Waals surface area (Å²) in [6.07, 6.45) is 16.7. The predicted molar refractivity (Wildman–Crippen MR) is 157 cm³/mol. The molecule has 194 valence electrons. The van der Waals surface area contributed by atoms with E-state index in [0.29, 0.717) is 0 Å². The van der Waals surface area contributed by atoms with Gasteiger partial charge in [0, 0.05) is 48.7 Å². The van der Waals surface area contributed by atoms with Crippen molar-refractivity contribution in [2.45, 2.75) is 111 Å². The van der Waals surface area contributed by atoms with Gasteiger partial charge in [-0.25, -0.2) is 0 Å². The summed E-state index contributed by atoms with van der Waals surface area (Å²) in [5.74, 6) is 0. The average molecular weight is 477 g/mol. The topological polar surface area (TPSA) is 6.48 Å². The molecule has 2 heteroatoms. The van der Waals surface area contributed by atoms with Crippen molar-refractivity contribution in [1.29, 1.82) is 0 Å². The zero-order valence-electron chi connectivity index (χ0n) is 23.4. The Kier molecular flexibility index (Phi) is 12.0. The Labute approximate surface area is 217 Å². The summed E-state index contributed by atoms with van der Waals surface area (Å²) >= 11 is 0. The molecule has 0 aromatic heterocycles. The van der Waals surface area contributed by atoms with Gasteiger partial charge in [0.15, 0.2) is 0 Å². The number of fused-ring (bicyclic) bond motifs is 3. The van der Waals surface area contributed by atoms with Gasteiger partial charge in [-0.3, -0.25) is 0 Å². The van der Waals surface area contributed by atoms with Crippen LogP contribution in [0.5, 0.6) is 0 Å². The molecule has 2 aromatic rings. The molecule has 0 bridgehead atoms. The molecular formula is C33H52N2. The van der Waals surface area contributed by atoms with E-state index in [4.69, 9.17) is 0 Å². The molecule has 0 spiro atoms. The third-order valence-corrected chi connectivity index (χ3v) is 7.70. The third-order valence-electron chi connectivity index (χ3n) is 7.70. The fourth-order valence-corrected chi connectivity index (χ4v) is 5.69. The van der Waals surface area contributed by atoms with Crippen LogP contribution in [0.25, 0.3) is 11.1 Å². The lowest BCUT2D eigenvalue weighted by molar-refractivity contribution is 0.635. The fourth-order valence-electron chi connectivity index (χ4n) is 5.69. The van der Waals surface area contributed by atoms with E-state index in [1.165, 1.54) is 126 Å². The van der Waals surface area contributed by atoms with Crippen LogP contribution in [0.3, 0.4) is 0 Å². The van der Waals surface area contributed by atoms with Crippen molar-refractivity contribution in [1.82, 2.24) is 0 Å². The highest BCUT2D eigenvalue weighted by Crippen LogP contribution is 2.47. The van der Waals surface area contributed by atoms with E-state index in [2.05, 4.69) is 73.9 Å². The maximum atomic E-state index is 2.73. The summed E-state index contributed by atoms with van der Waals surface area (Å²) in [6, 6.07) is 14.2. The Morgan fingerprint density at radius 2 is 0.829 bits per heavy atom. The quantitative estimate of drug-likeness (QED) is 0.169. The molecule has 0 aliphatic heterocycles. The summed E-state index contributed by atoms with van der Waals surface area (Å²) in [7, 11) is 0. The highest BCUT2D eigenvalue weighted by Gasteiger charge is 2.27. The van der Waals surface area contributed by atoms with Crippen LogP contribution in [0.4, 0.5) is 11.4 Å². The lowest BCUT2D eigenvalue weighted by atomic mass is 9.99. The van der Waals surface area contributed by atoms with E-state index in [0.717, 1.165) is 6.42 Å². The van der Waals surface area contributed by atoms with Crippen molar-refractivity contribution in [3.05, 3.63) is 47.5 Å². The first-order valence-corrected chi connectivity index (χ1v) is 15.0. The van der Waals surface area contributed by atoms with Gasteiger partial charge in [-0.1, -0.05) is 103 Å². The second-order valence-corrected chi connectivity index (χ2v) is 10.6. The third kappa shape index (κ3) is 7.51. The fraction of sp³-hybridized carbons (Fsp3) is 0.636. The van der Waals surface area contributed by atoms with Gasteiger partial charge in [-0.2, -0.15) is 0 Å². The number of unbranched alkanes of at least 4 members (excludes halogenated alkanes) is 8. The molecule has 0 unspecified atom stereocenters. The van der Waals surface area contributed by atoms with Gasteiger partial charge in [0.1, 0.15) is 0 Å². The van der Waals surface area contributed by atoms with Crippen molar-refractivity contribution in [3.63, 3.8) is 0 Å². The van der Waals surface area contributed by atoms with Crippen LogP contribution < -0.4 is 9.80 Å². The minimum Gasteiger partial charge on any atom is -0.371 e. The van der Waals surface area contributed by atoms with E-state index in [9.17, 15) is 0 Å². The van der Waals surface area contributed by atoms with Gasteiger partial charge in [-0.15, -0.1) is 0 Å². The van der Waals surface area contributed by atoms with Gasteiger partial charge in [0.25, 0.3) is 0 Å². The largest absolute Gasteiger partial charge is 0.371 e. The van der Waals surface area contributed by atoms with Crippen molar-refractivity contribution >= 4 is 11.4 Å². The number of nitrogens with zero attached hydrogens (tertiary/aromatic N) is 2. The van der Waals surface area contributed by atoms with Crippen LogP contribution in [-0.4, -0.2) is 26.2 Å². The molecule has 0 atom stereocenters. The van der Waals surface area contributed by atoms with E-state index in [1.807, 2.05) is 0 Å². The number of hydrogen-bond donors (Lipinski definition) is 0. The van der Waals surface area contributed by atoms with Gasteiger partial charge < -0.3 is 9.80 Å². The highest BCUT2D eigenvalue weighted by atomic mass is 15.1. The molecule has 0 radical (unpaired) electrons. The number of rotatable bonds is 18. The standard InChI is InChI=1S/C33H52N2/c1-5-9-13-23-34(24-14-10-6-2)30-21-17-19-28-27-29-20-18-22-31(33(29)32(28)30)35(25-15-11-7-3)26-16-12-8-4/h17-22H,5-16,23-27H2,1-4H3. The molecule has 1 aliphatic rings. The van der Waals surface area contributed by atoms with E-state index < -0.39 is 0 Å². The molecule has 0 amide bonds. The average Bonchev–Trinajstić information content (AvgIpc) is 3.26. The molecular weight excluding hydrogens is 424 g/mol. The lowest BCUT2D eigenvalue weighted by Gasteiger charge is -2.31. The van der Waals surface area contributed by atoms with Gasteiger partial charge >= 0.3 is 0 Å². The van der Waals surface area contributed by atoms with Crippen LogP contribution in [0, 0.1) is 0 Å².